The molecule has 9 nitrogen and oxygen atoms in total. The summed E-state index contributed by atoms with van der Waals surface area (Å²) in [6, 6.07) is 15.6. The van der Waals surface area contributed by atoms with Gasteiger partial charge in [0.25, 0.3) is 0 Å². The third-order valence-electron chi connectivity index (χ3n) is 6.40. The summed E-state index contributed by atoms with van der Waals surface area (Å²) in [6.07, 6.45) is 5.71. The van der Waals surface area contributed by atoms with Crippen molar-refractivity contribution < 1.29 is 14.3 Å². The number of rotatable bonds is 6. The number of fused-ring (bicyclic) bond motifs is 1. The number of pyridine rings is 1. The van der Waals surface area contributed by atoms with Crippen LogP contribution in [0.3, 0.4) is 0 Å². The van der Waals surface area contributed by atoms with Gasteiger partial charge in [0, 0.05) is 34.9 Å². The highest BCUT2D eigenvalue weighted by molar-refractivity contribution is 5.98. The highest BCUT2D eigenvalue weighted by atomic mass is 16.6. The van der Waals surface area contributed by atoms with Crippen LogP contribution in [0.25, 0.3) is 22.0 Å². The highest BCUT2D eigenvalue weighted by Gasteiger charge is 2.24. The molecule has 1 saturated carbocycles. The number of benzene rings is 2. The van der Waals surface area contributed by atoms with Crippen molar-refractivity contribution in [2.24, 2.45) is 5.73 Å². The van der Waals surface area contributed by atoms with Crippen LogP contribution < -0.4 is 21.5 Å². The number of amides is 1. The monoisotopic (exact) mass is 484 g/mol. The Morgan fingerprint density at radius 3 is 2.56 bits per heavy atom. The van der Waals surface area contributed by atoms with Crippen LogP contribution in [0.15, 0.2) is 60.9 Å². The summed E-state index contributed by atoms with van der Waals surface area (Å²) >= 11 is 0. The van der Waals surface area contributed by atoms with Crippen LogP contribution in [0.4, 0.5) is 16.4 Å². The molecule has 1 amide bonds. The van der Waals surface area contributed by atoms with E-state index in [9.17, 15) is 4.79 Å². The minimum absolute atomic E-state index is 0.129. The van der Waals surface area contributed by atoms with Crippen molar-refractivity contribution in [2.75, 3.05) is 11.1 Å². The number of anilines is 2. The quantitative estimate of drug-likeness (QED) is 0.318. The Kier molecular flexibility index (Phi) is 6.53. The Balaban J connectivity index is 1.38. The molecule has 1 fully saturated rings. The first kappa shape index (κ1) is 23.3. The largest absolute Gasteiger partial charge is 0.446 e. The van der Waals surface area contributed by atoms with Crippen molar-refractivity contribution >= 4 is 28.5 Å². The molecule has 2 aromatic carbocycles. The number of aryl methyl sites for hydroxylation is 1. The molecule has 0 unspecified atom stereocenters. The zero-order valence-electron chi connectivity index (χ0n) is 20.0. The van der Waals surface area contributed by atoms with Gasteiger partial charge in [-0.2, -0.15) is 0 Å². The number of nitrogen functional groups attached to an aromatic ring is 1. The number of aromatic nitrogens is 3. The maximum Gasteiger partial charge on any atom is 0.404 e. The Hall–Kier alpha value is -4.40. The first-order chi connectivity index (χ1) is 17.5. The normalized spacial score (nSPS) is 17.5. The van der Waals surface area contributed by atoms with Crippen LogP contribution in [0.1, 0.15) is 31.2 Å². The minimum Gasteiger partial charge on any atom is -0.446 e. The lowest BCUT2D eigenvalue weighted by Gasteiger charge is -2.28. The molecule has 0 bridgehead atoms. The van der Waals surface area contributed by atoms with Gasteiger partial charge in [-0.1, -0.05) is 24.3 Å². The molecule has 9 heteroatoms. The van der Waals surface area contributed by atoms with Gasteiger partial charge in [0.2, 0.25) is 11.8 Å². The summed E-state index contributed by atoms with van der Waals surface area (Å²) < 4.78 is 11.5. The second-order valence-electron chi connectivity index (χ2n) is 8.94. The Morgan fingerprint density at radius 1 is 1.00 bits per heavy atom. The van der Waals surface area contributed by atoms with Gasteiger partial charge in [-0.3, -0.25) is 0 Å². The van der Waals surface area contributed by atoms with Gasteiger partial charge in [-0.15, -0.1) is 0 Å². The fraction of sp³-hybridized carbons (Fsp3) is 0.259. The molecule has 1 aliphatic rings. The standard InChI is InChI=1S/C27H28N6O3/c1-16-15-22(28)19-5-2-3-6-20(19)24(16)36-25-21(7-4-13-30-25)23-12-14-31-27(33-23)32-17-8-10-18(11-9-17)35-26(29)34/h2-7,12-15,17-18H,8-11,28H2,1H3,(H2,29,34)(H,31,32,33)/t17-,18-. The predicted molar refractivity (Wildman–Crippen MR) is 139 cm³/mol. The summed E-state index contributed by atoms with van der Waals surface area (Å²) in [5, 5.41) is 5.26. The van der Waals surface area contributed by atoms with Crippen LogP contribution >= 0.6 is 0 Å². The number of nitrogens with zero attached hydrogens (tertiary/aromatic N) is 3. The molecule has 5 rings (SSSR count). The average molecular weight is 485 g/mol. The molecular weight excluding hydrogens is 456 g/mol. The van der Waals surface area contributed by atoms with E-state index in [2.05, 4.69) is 15.3 Å². The molecule has 5 N–H and O–H groups in total. The topological polar surface area (TPSA) is 138 Å². The van der Waals surface area contributed by atoms with Gasteiger partial charge in [-0.05, 0) is 62.4 Å². The second kappa shape index (κ2) is 10.1. The maximum atomic E-state index is 11.0. The van der Waals surface area contributed by atoms with Gasteiger partial charge in [0.05, 0.1) is 11.3 Å². The third-order valence-corrected chi connectivity index (χ3v) is 6.40. The highest BCUT2D eigenvalue weighted by Crippen LogP contribution is 2.38. The SMILES string of the molecule is Cc1cc(N)c2ccccc2c1Oc1ncccc1-c1ccnc(N[C@H]2CC[C@H](OC(N)=O)CC2)n1. The molecule has 4 aromatic rings. The fourth-order valence-electron chi connectivity index (χ4n) is 4.67. The summed E-state index contributed by atoms with van der Waals surface area (Å²) in [5.41, 5.74) is 14.5. The van der Waals surface area contributed by atoms with Crippen molar-refractivity contribution in [3.05, 3.63) is 66.5 Å². The van der Waals surface area contributed by atoms with Crippen molar-refractivity contribution in [1.82, 2.24) is 15.0 Å². The molecule has 0 saturated heterocycles. The number of nitrogens with one attached hydrogen (secondary N) is 1. The molecule has 36 heavy (non-hydrogen) atoms. The number of ether oxygens (including phenoxy) is 2. The van der Waals surface area contributed by atoms with Crippen molar-refractivity contribution in [3.8, 4) is 22.9 Å². The van der Waals surface area contributed by atoms with E-state index in [1.807, 2.05) is 55.5 Å². The molecule has 1 aliphatic carbocycles. The fourth-order valence-corrected chi connectivity index (χ4v) is 4.67. The smallest absolute Gasteiger partial charge is 0.404 e. The van der Waals surface area contributed by atoms with Gasteiger partial charge >= 0.3 is 6.09 Å². The van der Waals surface area contributed by atoms with Crippen molar-refractivity contribution in [1.29, 1.82) is 0 Å². The summed E-state index contributed by atoms with van der Waals surface area (Å²) in [5.74, 6) is 1.68. The van der Waals surface area contributed by atoms with E-state index in [0.29, 0.717) is 29.0 Å². The number of hydrogen-bond acceptors (Lipinski definition) is 8. The van der Waals surface area contributed by atoms with Crippen molar-refractivity contribution in [2.45, 2.75) is 44.8 Å². The lowest BCUT2D eigenvalue weighted by atomic mass is 9.93. The number of carbonyl (C=O) groups excluding carboxylic acids is 1. The van der Waals surface area contributed by atoms with Crippen LogP contribution in [0.2, 0.25) is 0 Å². The maximum absolute atomic E-state index is 11.0. The summed E-state index contributed by atoms with van der Waals surface area (Å²) in [7, 11) is 0. The van der Waals surface area contributed by atoms with Gasteiger partial charge in [-0.25, -0.2) is 19.7 Å². The predicted octanol–water partition coefficient (Wildman–Crippen LogP) is 5.19. The van der Waals surface area contributed by atoms with E-state index in [4.69, 9.17) is 25.9 Å². The number of nitrogens with two attached hydrogens (primary N) is 2. The van der Waals surface area contributed by atoms with Gasteiger partial charge in [0.15, 0.2) is 0 Å². The molecule has 0 spiro atoms. The van der Waals surface area contributed by atoms with E-state index < -0.39 is 6.09 Å². The van der Waals surface area contributed by atoms with Gasteiger partial charge in [0.1, 0.15) is 11.9 Å². The Bertz CT molecular complexity index is 1400. The lowest BCUT2D eigenvalue weighted by Crippen LogP contribution is -2.32. The Labute approximate surface area is 208 Å². The Morgan fingerprint density at radius 2 is 1.78 bits per heavy atom. The first-order valence-electron chi connectivity index (χ1n) is 11.9. The van der Waals surface area contributed by atoms with E-state index in [1.54, 1.807) is 12.4 Å². The number of hydrogen-bond donors (Lipinski definition) is 3. The van der Waals surface area contributed by atoms with Crippen molar-refractivity contribution in [3.63, 3.8) is 0 Å². The average Bonchev–Trinajstić information content (AvgIpc) is 2.88. The van der Waals surface area contributed by atoms with E-state index in [1.165, 1.54) is 0 Å². The zero-order chi connectivity index (χ0) is 25.1. The molecule has 2 heterocycles. The summed E-state index contributed by atoms with van der Waals surface area (Å²) in [4.78, 5) is 24.6. The van der Waals surface area contributed by atoms with Crippen LogP contribution in [0, 0.1) is 6.92 Å². The molecule has 0 aliphatic heterocycles. The van der Waals surface area contributed by atoms with Crippen LogP contribution in [-0.4, -0.2) is 33.2 Å². The molecule has 2 aromatic heterocycles. The first-order valence-corrected chi connectivity index (χ1v) is 11.9. The minimum atomic E-state index is -0.723. The van der Waals surface area contributed by atoms with Gasteiger partial charge < -0.3 is 26.3 Å². The third kappa shape index (κ3) is 5.00. The number of carbonyl (C=O) groups is 1. The molecule has 184 valence electrons. The molecule has 0 radical (unpaired) electrons. The van der Waals surface area contributed by atoms with E-state index in [-0.39, 0.29) is 12.1 Å². The molecular formula is C27H28N6O3. The summed E-state index contributed by atoms with van der Waals surface area (Å²) in [6.45, 7) is 1.97. The lowest BCUT2D eigenvalue weighted by molar-refractivity contribution is 0.0805. The van der Waals surface area contributed by atoms with E-state index >= 15 is 0 Å². The van der Waals surface area contributed by atoms with Crippen LogP contribution in [0.5, 0.6) is 11.6 Å². The number of primary amides is 1. The van der Waals surface area contributed by atoms with Crippen LogP contribution in [-0.2, 0) is 4.74 Å². The molecule has 0 atom stereocenters. The second-order valence-corrected chi connectivity index (χ2v) is 8.94. The zero-order valence-corrected chi connectivity index (χ0v) is 20.0. The van der Waals surface area contributed by atoms with E-state index in [0.717, 1.165) is 47.6 Å².